The molecular weight excluding hydrogens is 365 g/mol. The number of nitrogens with one attached hydrogen (secondary N) is 1. The molecule has 0 saturated carbocycles. The molecule has 146 valence electrons. The maximum absolute atomic E-state index is 13.4. The van der Waals surface area contributed by atoms with E-state index in [1.54, 1.807) is 19.1 Å². The van der Waals surface area contributed by atoms with Gasteiger partial charge in [0.1, 0.15) is 5.82 Å². The molecule has 5 nitrogen and oxygen atoms in total. The minimum absolute atomic E-state index is 0.0533. The molecule has 0 aliphatic carbocycles. The highest BCUT2D eigenvalue weighted by Crippen LogP contribution is 2.22. The van der Waals surface area contributed by atoms with Gasteiger partial charge in [-0.2, -0.15) is 0 Å². The van der Waals surface area contributed by atoms with E-state index in [1.807, 2.05) is 12.1 Å². The van der Waals surface area contributed by atoms with Gasteiger partial charge in [0.25, 0.3) is 10.0 Å². The Kier molecular flexibility index (Phi) is 6.01. The minimum atomic E-state index is -3.74. The number of benzene rings is 2. The average molecular weight is 392 g/mol. The van der Waals surface area contributed by atoms with Crippen molar-refractivity contribution in [1.82, 2.24) is 4.90 Å². The number of halogens is 1. The second kappa shape index (κ2) is 8.27. The van der Waals surface area contributed by atoms with Gasteiger partial charge < -0.3 is 4.90 Å². The summed E-state index contributed by atoms with van der Waals surface area (Å²) >= 11 is 0. The summed E-state index contributed by atoms with van der Waals surface area (Å²) in [6.07, 6.45) is 1.17. The first-order chi connectivity index (χ1) is 12.9. The summed E-state index contributed by atoms with van der Waals surface area (Å²) in [4.78, 5) is 4.83. The summed E-state index contributed by atoms with van der Waals surface area (Å²) in [5.41, 5.74) is 1.88. The normalized spacial score (nSPS) is 15.7. The van der Waals surface area contributed by atoms with E-state index in [1.165, 1.54) is 24.6 Å². The van der Waals surface area contributed by atoms with E-state index in [4.69, 9.17) is 0 Å². The van der Waals surface area contributed by atoms with Gasteiger partial charge in [0.05, 0.1) is 4.90 Å². The number of hydrogen-bond acceptors (Lipinski definition) is 4. The highest BCUT2D eigenvalue weighted by molar-refractivity contribution is 7.92. The molecule has 0 unspecified atom stereocenters. The van der Waals surface area contributed by atoms with Crippen LogP contribution < -0.4 is 9.62 Å². The molecule has 1 N–H and O–H groups in total. The summed E-state index contributed by atoms with van der Waals surface area (Å²) < 4.78 is 40.9. The maximum Gasteiger partial charge on any atom is 0.261 e. The molecule has 0 aromatic heterocycles. The van der Waals surface area contributed by atoms with Crippen LogP contribution in [0.4, 0.5) is 15.8 Å². The van der Waals surface area contributed by atoms with Crippen LogP contribution >= 0.6 is 0 Å². The maximum atomic E-state index is 13.4. The lowest BCUT2D eigenvalue weighted by Crippen LogP contribution is -2.46. The van der Waals surface area contributed by atoms with Crippen LogP contribution in [0.1, 0.15) is 18.9 Å². The average Bonchev–Trinajstić information content (AvgIpc) is 2.65. The molecule has 2 aromatic rings. The zero-order chi connectivity index (χ0) is 19.4. The fraction of sp³-hybridized carbons (Fsp3) is 0.400. The van der Waals surface area contributed by atoms with E-state index in [9.17, 15) is 12.8 Å². The molecule has 1 aliphatic heterocycles. The second-order valence-corrected chi connectivity index (χ2v) is 8.57. The molecule has 0 radical (unpaired) electrons. The van der Waals surface area contributed by atoms with Crippen LogP contribution in [0.2, 0.25) is 0 Å². The molecule has 1 heterocycles. The summed E-state index contributed by atoms with van der Waals surface area (Å²) in [5.74, 6) is -0.419. The quantitative estimate of drug-likeness (QED) is 0.819. The zero-order valence-electron chi connectivity index (χ0n) is 15.8. The Bertz CT molecular complexity index is 877. The van der Waals surface area contributed by atoms with Crippen molar-refractivity contribution in [2.24, 2.45) is 0 Å². The summed E-state index contributed by atoms with van der Waals surface area (Å²) in [6, 6.07) is 11.2. The third-order valence-electron chi connectivity index (χ3n) is 4.84. The molecule has 3 rings (SSSR count). The molecule has 1 saturated heterocycles. The van der Waals surface area contributed by atoms with Crippen molar-refractivity contribution in [1.29, 1.82) is 0 Å². The van der Waals surface area contributed by atoms with Crippen LogP contribution in [0.5, 0.6) is 0 Å². The Labute approximate surface area is 160 Å². The first-order valence-corrected chi connectivity index (χ1v) is 10.7. The molecule has 0 spiro atoms. The van der Waals surface area contributed by atoms with Gasteiger partial charge in [-0.15, -0.1) is 0 Å². The number of nitrogens with zero attached hydrogens (tertiary/aromatic N) is 2. The van der Waals surface area contributed by atoms with E-state index >= 15 is 0 Å². The number of sulfonamides is 1. The molecular formula is C20H26FN3O2S. The number of anilines is 2. The second-order valence-electron chi connectivity index (χ2n) is 6.89. The predicted octanol–water partition coefficient (Wildman–Crippen LogP) is 3.47. The molecule has 0 amide bonds. The predicted molar refractivity (Wildman–Crippen MR) is 107 cm³/mol. The van der Waals surface area contributed by atoms with Crippen molar-refractivity contribution >= 4 is 21.4 Å². The number of piperazine rings is 1. The van der Waals surface area contributed by atoms with E-state index in [-0.39, 0.29) is 4.90 Å². The SMILES string of the molecule is CCCN1CCN(c2ccc(NS(=O)(=O)c3ccc(F)c(C)c3)cc2)CC1. The van der Waals surface area contributed by atoms with Crippen molar-refractivity contribution in [3.8, 4) is 0 Å². The molecule has 27 heavy (non-hydrogen) atoms. The first kappa shape index (κ1) is 19.6. The Morgan fingerprint density at radius 3 is 2.30 bits per heavy atom. The van der Waals surface area contributed by atoms with E-state index in [0.717, 1.165) is 38.4 Å². The topological polar surface area (TPSA) is 52.6 Å². The third-order valence-corrected chi connectivity index (χ3v) is 6.22. The zero-order valence-corrected chi connectivity index (χ0v) is 16.6. The number of hydrogen-bond donors (Lipinski definition) is 1. The highest BCUT2D eigenvalue weighted by atomic mass is 32.2. The first-order valence-electron chi connectivity index (χ1n) is 9.25. The molecule has 0 bridgehead atoms. The van der Waals surface area contributed by atoms with Gasteiger partial charge in [0.15, 0.2) is 0 Å². The standard InChI is InChI=1S/C20H26FN3O2S/c1-3-10-23-11-13-24(14-12-23)18-6-4-17(5-7-18)22-27(25,26)19-8-9-20(21)16(2)15-19/h4-9,15,22H,3,10-14H2,1-2H3. The van der Waals surface area contributed by atoms with E-state index in [2.05, 4.69) is 21.4 Å². The van der Waals surface area contributed by atoms with Gasteiger partial charge in [0.2, 0.25) is 0 Å². The Hall–Kier alpha value is -2.12. The lowest BCUT2D eigenvalue weighted by atomic mass is 10.2. The number of rotatable bonds is 6. The van der Waals surface area contributed by atoms with E-state index < -0.39 is 15.8 Å². The van der Waals surface area contributed by atoms with Crippen LogP contribution in [0.3, 0.4) is 0 Å². The van der Waals surface area contributed by atoms with Crippen LogP contribution in [0.15, 0.2) is 47.4 Å². The van der Waals surface area contributed by atoms with Gasteiger partial charge in [0, 0.05) is 37.6 Å². The summed E-state index contributed by atoms with van der Waals surface area (Å²) in [6.45, 7) is 8.92. The molecule has 7 heteroatoms. The van der Waals surface area contributed by atoms with E-state index in [0.29, 0.717) is 11.3 Å². The fourth-order valence-electron chi connectivity index (χ4n) is 3.28. The fourth-order valence-corrected chi connectivity index (χ4v) is 4.43. The van der Waals surface area contributed by atoms with Crippen molar-refractivity contribution in [2.75, 3.05) is 42.3 Å². The van der Waals surface area contributed by atoms with Crippen LogP contribution in [-0.2, 0) is 10.0 Å². The van der Waals surface area contributed by atoms with Gasteiger partial charge in [-0.05, 0) is 67.9 Å². The Morgan fingerprint density at radius 2 is 1.70 bits per heavy atom. The van der Waals surface area contributed by atoms with Crippen molar-refractivity contribution in [2.45, 2.75) is 25.2 Å². The molecule has 0 atom stereocenters. The van der Waals surface area contributed by atoms with Gasteiger partial charge in [-0.25, -0.2) is 12.8 Å². The Balaban J connectivity index is 1.66. The molecule has 1 fully saturated rings. The summed E-state index contributed by atoms with van der Waals surface area (Å²) in [5, 5.41) is 0. The van der Waals surface area contributed by atoms with Gasteiger partial charge in [-0.1, -0.05) is 6.92 Å². The lowest BCUT2D eigenvalue weighted by molar-refractivity contribution is 0.258. The number of aryl methyl sites for hydroxylation is 1. The molecule has 2 aromatic carbocycles. The smallest absolute Gasteiger partial charge is 0.261 e. The summed E-state index contributed by atoms with van der Waals surface area (Å²) in [7, 11) is -3.74. The van der Waals surface area contributed by atoms with Crippen LogP contribution in [0, 0.1) is 12.7 Å². The molecule has 1 aliphatic rings. The monoisotopic (exact) mass is 391 g/mol. The highest BCUT2D eigenvalue weighted by Gasteiger charge is 2.18. The van der Waals surface area contributed by atoms with Crippen LogP contribution in [0.25, 0.3) is 0 Å². The van der Waals surface area contributed by atoms with Crippen molar-refractivity contribution < 1.29 is 12.8 Å². The van der Waals surface area contributed by atoms with Gasteiger partial charge in [-0.3, -0.25) is 9.62 Å². The van der Waals surface area contributed by atoms with Crippen molar-refractivity contribution in [3.05, 3.63) is 53.8 Å². The minimum Gasteiger partial charge on any atom is -0.369 e. The third kappa shape index (κ3) is 4.78. The Morgan fingerprint density at radius 1 is 1.04 bits per heavy atom. The van der Waals surface area contributed by atoms with Crippen LogP contribution in [-0.4, -0.2) is 46.0 Å². The van der Waals surface area contributed by atoms with Crippen molar-refractivity contribution in [3.63, 3.8) is 0 Å². The lowest BCUT2D eigenvalue weighted by Gasteiger charge is -2.36. The van der Waals surface area contributed by atoms with Gasteiger partial charge >= 0.3 is 0 Å². The largest absolute Gasteiger partial charge is 0.369 e.